The molecule has 0 saturated heterocycles. The quantitative estimate of drug-likeness (QED) is 0.281. The highest BCUT2D eigenvalue weighted by molar-refractivity contribution is 5.09. The molecule has 3 N–H and O–H groups in total. The third-order valence-electron chi connectivity index (χ3n) is 10.7. The average molecular weight is 601 g/mol. The van der Waals surface area contributed by atoms with Crippen LogP contribution in [-0.4, -0.2) is 33.1 Å². The lowest BCUT2D eigenvalue weighted by Gasteiger charge is -2.30. The molecule has 0 heterocycles. The molecule has 0 aliphatic heterocycles. The summed E-state index contributed by atoms with van der Waals surface area (Å²) in [5.74, 6) is 6.03. The summed E-state index contributed by atoms with van der Waals surface area (Å²) in [6, 6.07) is 0. The standard InChI is InChI=1S/3C10H18O.C10H18/c1-8(2)9-4-6-10(3,11)7-5-9;2*1-7(2)9-5-4-8(3)10(11)6-9;1-8(2)10-6-4-9(3)5-7-10/h4,6,8-9,11H,5,7H2,1-3H3;4,7,9-11H,5-6H2,1-3H3;7,9-11H,3-6H2,1-2H3;4,8,10H,5-7H2,1-3H3/t3*9-,10?;10-/m1001/s1. The Morgan fingerprint density at radius 3 is 1.67 bits per heavy atom. The molecule has 3 heteroatoms. The molecule has 4 aliphatic rings. The van der Waals surface area contributed by atoms with E-state index in [0.29, 0.717) is 35.5 Å². The highest BCUT2D eigenvalue weighted by atomic mass is 16.3. The molecule has 0 amide bonds. The summed E-state index contributed by atoms with van der Waals surface area (Å²) in [5, 5.41) is 28.6. The third kappa shape index (κ3) is 15.6. The minimum atomic E-state index is -0.536. The van der Waals surface area contributed by atoms with Gasteiger partial charge in [-0.2, -0.15) is 0 Å². The third-order valence-corrected chi connectivity index (χ3v) is 10.7. The second kappa shape index (κ2) is 19.4. The van der Waals surface area contributed by atoms with Gasteiger partial charge in [0.1, 0.15) is 0 Å². The molecule has 1 fully saturated rings. The molecule has 3 unspecified atom stereocenters. The van der Waals surface area contributed by atoms with Crippen molar-refractivity contribution in [3.63, 3.8) is 0 Å². The average Bonchev–Trinajstić information content (AvgIpc) is 2.92. The molecule has 0 aromatic carbocycles. The van der Waals surface area contributed by atoms with E-state index in [1.165, 1.54) is 25.7 Å². The predicted molar refractivity (Wildman–Crippen MR) is 188 cm³/mol. The van der Waals surface area contributed by atoms with Gasteiger partial charge in [0, 0.05) is 0 Å². The fourth-order valence-electron chi connectivity index (χ4n) is 6.42. The van der Waals surface area contributed by atoms with Gasteiger partial charge in [0.2, 0.25) is 0 Å². The molecule has 0 radical (unpaired) electrons. The number of aliphatic hydroxyl groups is 3. The zero-order valence-electron chi connectivity index (χ0n) is 30.2. The summed E-state index contributed by atoms with van der Waals surface area (Å²) in [6.07, 6.45) is 19.7. The summed E-state index contributed by atoms with van der Waals surface area (Å²) in [5.41, 5.74) is 3.24. The van der Waals surface area contributed by atoms with Crippen LogP contribution in [0.2, 0.25) is 0 Å². The van der Waals surface area contributed by atoms with Crippen LogP contribution in [0.4, 0.5) is 0 Å². The zero-order chi connectivity index (χ0) is 32.9. The summed E-state index contributed by atoms with van der Waals surface area (Å²) >= 11 is 0. The van der Waals surface area contributed by atoms with E-state index in [9.17, 15) is 15.3 Å². The second-order valence-electron chi connectivity index (χ2n) is 15.9. The van der Waals surface area contributed by atoms with Crippen molar-refractivity contribution >= 4 is 0 Å². The molecule has 0 spiro atoms. The van der Waals surface area contributed by atoms with E-state index in [-0.39, 0.29) is 12.2 Å². The first-order valence-electron chi connectivity index (χ1n) is 17.7. The number of hydrogen-bond acceptors (Lipinski definition) is 3. The summed E-state index contributed by atoms with van der Waals surface area (Å²) < 4.78 is 0. The van der Waals surface area contributed by atoms with Crippen LogP contribution in [0, 0.1) is 47.3 Å². The maximum Gasteiger partial charge on any atom is 0.0800 e. The number of aliphatic hydroxyl groups excluding tert-OH is 2. The van der Waals surface area contributed by atoms with Gasteiger partial charge in [0.15, 0.2) is 0 Å². The molecule has 0 aromatic heterocycles. The lowest BCUT2D eigenvalue weighted by molar-refractivity contribution is 0.0845. The molecule has 0 bridgehead atoms. The van der Waals surface area contributed by atoms with Gasteiger partial charge in [-0.3, -0.25) is 0 Å². The zero-order valence-corrected chi connectivity index (χ0v) is 30.2. The Labute approximate surface area is 268 Å². The van der Waals surface area contributed by atoms with E-state index < -0.39 is 5.60 Å². The Balaban J connectivity index is 0.000000287. The topological polar surface area (TPSA) is 60.7 Å². The first-order valence-corrected chi connectivity index (χ1v) is 17.7. The van der Waals surface area contributed by atoms with Gasteiger partial charge in [0.25, 0.3) is 0 Å². The van der Waals surface area contributed by atoms with Crippen molar-refractivity contribution in [2.24, 2.45) is 47.3 Å². The molecular formula is C40H72O3. The van der Waals surface area contributed by atoms with E-state index >= 15 is 0 Å². The van der Waals surface area contributed by atoms with Gasteiger partial charge >= 0.3 is 0 Å². The van der Waals surface area contributed by atoms with Crippen molar-refractivity contribution in [3.8, 4) is 0 Å². The molecule has 4 rings (SSSR count). The fraction of sp³-hybridized carbons (Fsp3) is 0.800. The van der Waals surface area contributed by atoms with Gasteiger partial charge < -0.3 is 15.3 Å². The van der Waals surface area contributed by atoms with Crippen molar-refractivity contribution in [2.75, 3.05) is 0 Å². The minimum Gasteiger partial charge on any atom is -0.389 e. The van der Waals surface area contributed by atoms with E-state index in [2.05, 4.69) is 87.1 Å². The predicted octanol–water partition coefficient (Wildman–Crippen LogP) is 10.5. The van der Waals surface area contributed by atoms with Crippen molar-refractivity contribution in [1.82, 2.24) is 0 Å². The molecule has 250 valence electrons. The van der Waals surface area contributed by atoms with E-state index in [1.807, 2.05) is 19.9 Å². The van der Waals surface area contributed by atoms with Crippen molar-refractivity contribution < 1.29 is 15.3 Å². The van der Waals surface area contributed by atoms with Crippen LogP contribution in [0.3, 0.4) is 0 Å². The Morgan fingerprint density at radius 2 is 1.26 bits per heavy atom. The number of allylic oxidation sites excluding steroid dienone is 4. The Kier molecular flexibility index (Phi) is 18.0. The largest absolute Gasteiger partial charge is 0.389 e. The number of hydrogen-bond donors (Lipinski definition) is 3. The first kappa shape index (κ1) is 39.9. The summed E-state index contributed by atoms with van der Waals surface area (Å²) in [4.78, 5) is 0. The van der Waals surface area contributed by atoms with Crippen LogP contribution >= 0.6 is 0 Å². The van der Waals surface area contributed by atoms with Crippen molar-refractivity contribution in [3.05, 3.63) is 47.6 Å². The minimum absolute atomic E-state index is 0.170. The highest BCUT2D eigenvalue weighted by Gasteiger charge is 2.26. The molecule has 0 aromatic rings. The smallest absolute Gasteiger partial charge is 0.0800 e. The number of rotatable bonds is 4. The van der Waals surface area contributed by atoms with Gasteiger partial charge in [-0.25, -0.2) is 0 Å². The Morgan fingerprint density at radius 1 is 0.721 bits per heavy atom. The van der Waals surface area contributed by atoms with Crippen LogP contribution in [-0.2, 0) is 0 Å². The summed E-state index contributed by atoms with van der Waals surface area (Å²) in [6.45, 7) is 28.0. The monoisotopic (exact) mass is 601 g/mol. The van der Waals surface area contributed by atoms with Crippen molar-refractivity contribution in [1.29, 1.82) is 0 Å². The molecule has 3 nitrogen and oxygen atoms in total. The van der Waals surface area contributed by atoms with E-state index in [1.54, 1.807) is 5.57 Å². The van der Waals surface area contributed by atoms with Gasteiger partial charge in [-0.1, -0.05) is 91.8 Å². The molecule has 7 atom stereocenters. The van der Waals surface area contributed by atoms with Gasteiger partial charge in [0.05, 0.1) is 17.8 Å². The molecular weight excluding hydrogens is 528 g/mol. The highest BCUT2D eigenvalue weighted by Crippen LogP contribution is 2.33. The van der Waals surface area contributed by atoms with Crippen LogP contribution in [0.25, 0.3) is 0 Å². The van der Waals surface area contributed by atoms with Crippen LogP contribution in [0.15, 0.2) is 47.6 Å². The lowest BCUT2D eigenvalue weighted by Crippen LogP contribution is -2.26. The first-order chi connectivity index (χ1) is 19.9. The van der Waals surface area contributed by atoms with Crippen LogP contribution in [0.1, 0.15) is 140 Å². The normalized spacial score (nSPS) is 32.7. The fourth-order valence-corrected chi connectivity index (χ4v) is 6.42. The van der Waals surface area contributed by atoms with Crippen LogP contribution < -0.4 is 0 Å². The molecule has 4 aliphatic carbocycles. The van der Waals surface area contributed by atoms with Gasteiger partial charge in [-0.15, -0.1) is 0 Å². The second-order valence-corrected chi connectivity index (χ2v) is 15.9. The Bertz CT molecular complexity index is 887. The van der Waals surface area contributed by atoms with Gasteiger partial charge in [-0.05, 0) is 143 Å². The maximum atomic E-state index is 9.59. The lowest BCUT2D eigenvalue weighted by atomic mass is 9.78. The Hall–Kier alpha value is -1.16. The van der Waals surface area contributed by atoms with Crippen molar-refractivity contribution in [2.45, 2.75) is 158 Å². The summed E-state index contributed by atoms with van der Waals surface area (Å²) in [7, 11) is 0. The van der Waals surface area contributed by atoms with E-state index in [0.717, 1.165) is 61.5 Å². The SMILES string of the molecule is C=C1CC[C@H](C(C)C)CC1O.CC(C)[C@@H]1C=CC(C)(O)CC1.CC1=CC[C@@H](C(C)C)CC1.CC1=CC[C@H](C(C)C)CC1O. The van der Waals surface area contributed by atoms with Crippen LogP contribution in [0.5, 0.6) is 0 Å². The van der Waals surface area contributed by atoms with E-state index in [4.69, 9.17) is 0 Å². The molecule has 43 heavy (non-hydrogen) atoms. The molecule has 1 saturated carbocycles. The maximum absolute atomic E-state index is 9.59.